The molecule has 1 saturated heterocycles. The van der Waals surface area contributed by atoms with Gasteiger partial charge in [0.15, 0.2) is 0 Å². The number of hydrogen-bond donors (Lipinski definition) is 2. The van der Waals surface area contributed by atoms with Crippen molar-refractivity contribution in [3.63, 3.8) is 0 Å². The van der Waals surface area contributed by atoms with E-state index in [1.165, 1.54) is 12.8 Å². The van der Waals surface area contributed by atoms with Gasteiger partial charge in [-0.15, -0.1) is 0 Å². The Labute approximate surface area is 113 Å². The normalized spacial score (nSPS) is 18.9. The summed E-state index contributed by atoms with van der Waals surface area (Å²) >= 11 is 5.94. The lowest BCUT2D eigenvalue weighted by Gasteiger charge is -2.11. The van der Waals surface area contributed by atoms with Gasteiger partial charge in [0.2, 0.25) is 0 Å². The Balaban J connectivity index is 1.81. The fraction of sp³-hybridized carbons (Fsp3) is 0.500. The molecule has 1 aliphatic rings. The van der Waals surface area contributed by atoms with Gasteiger partial charge in [-0.05, 0) is 56.5 Å². The molecule has 1 aliphatic heterocycles. The van der Waals surface area contributed by atoms with Crippen molar-refractivity contribution in [2.45, 2.75) is 32.2 Å². The molecule has 1 atom stereocenters. The van der Waals surface area contributed by atoms with E-state index in [0.29, 0.717) is 16.6 Å². The fourth-order valence-corrected chi connectivity index (χ4v) is 2.37. The van der Waals surface area contributed by atoms with Gasteiger partial charge < -0.3 is 10.6 Å². The molecular weight excluding hydrogens is 248 g/mol. The molecule has 18 heavy (non-hydrogen) atoms. The van der Waals surface area contributed by atoms with E-state index in [0.717, 1.165) is 25.1 Å². The molecule has 4 heteroatoms. The topological polar surface area (TPSA) is 41.1 Å². The molecule has 0 spiro atoms. The van der Waals surface area contributed by atoms with Crippen LogP contribution in [0.1, 0.15) is 35.2 Å². The van der Waals surface area contributed by atoms with E-state index < -0.39 is 0 Å². The van der Waals surface area contributed by atoms with Crippen molar-refractivity contribution in [1.82, 2.24) is 10.6 Å². The first-order chi connectivity index (χ1) is 8.66. The van der Waals surface area contributed by atoms with Gasteiger partial charge >= 0.3 is 0 Å². The molecule has 1 amide bonds. The number of benzene rings is 1. The Kier molecular flexibility index (Phi) is 4.61. The second-order valence-corrected chi connectivity index (χ2v) is 5.21. The zero-order valence-corrected chi connectivity index (χ0v) is 11.4. The molecule has 2 rings (SSSR count). The average Bonchev–Trinajstić information content (AvgIpc) is 2.85. The van der Waals surface area contributed by atoms with Gasteiger partial charge in [0.1, 0.15) is 0 Å². The maximum Gasteiger partial charge on any atom is 0.251 e. The molecule has 0 unspecified atom stereocenters. The standard InChI is InChI=1S/C14H19ClN2O/c1-10-9-11(4-5-13(10)15)14(18)17-8-6-12-3-2-7-16-12/h4-5,9,12,16H,2-3,6-8H2,1H3,(H,17,18)/t12-/m1/s1. The molecule has 98 valence electrons. The minimum Gasteiger partial charge on any atom is -0.352 e. The second kappa shape index (κ2) is 6.21. The molecule has 0 bridgehead atoms. The summed E-state index contributed by atoms with van der Waals surface area (Å²) < 4.78 is 0. The van der Waals surface area contributed by atoms with E-state index in [1.807, 2.05) is 13.0 Å². The molecule has 0 aliphatic carbocycles. The van der Waals surface area contributed by atoms with Gasteiger partial charge in [-0.3, -0.25) is 4.79 Å². The molecular formula is C14H19ClN2O. The van der Waals surface area contributed by atoms with Crippen molar-refractivity contribution in [3.8, 4) is 0 Å². The van der Waals surface area contributed by atoms with E-state index in [2.05, 4.69) is 10.6 Å². The summed E-state index contributed by atoms with van der Waals surface area (Å²) in [6.07, 6.45) is 3.46. The maximum atomic E-state index is 11.9. The summed E-state index contributed by atoms with van der Waals surface area (Å²) in [5.41, 5.74) is 1.61. The summed E-state index contributed by atoms with van der Waals surface area (Å²) in [7, 11) is 0. The SMILES string of the molecule is Cc1cc(C(=O)NCC[C@H]2CCCN2)ccc1Cl. The summed E-state index contributed by atoms with van der Waals surface area (Å²) in [5, 5.41) is 7.06. The predicted octanol–water partition coefficient (Wildman–Crippen LogP) is 2.52. The Morgan fingerprint density at radius 2 is 2.39 bits per heavy atom. The molecule has 0 aromatic heterocycles. The van der Waals surface area contributed by atoms with Crippen LogP contribution in [0.25, 0.3) is 0 Å². The predicted molar refractivity (Wildman–Crippen MR) is 74.2 cm³/mol. The zero-order chi connectivity index (χ0) is 13.0. The van der Waals surface area contributed by atoms with E-state index in [1.54, 1.807) is 12.1 Å². The van der Waals surface area contributed by atoms with Crippen molar-refractivity contribution in [1.29, 1.82) is 0 Å². The number of carbonyl (C=O) groups is 1. The van der Waals surface area contributed by atoms with E-state index in [4.69, 9.17) is 11.6 Å². The van der Waals surface area contributed by atoms with Crippen molar-refractivity contribution >= 4 is 17.5 Å². The highest BCUT2D eigenvalue weighted by atomic mass is 35.5. The Bertz CT molecular complexity index is 428. The van der Waals surface area contributed by atoms with Crippen LogP contribution in [0, 0.1) is 6.92 Å². The monoisotopic (exact) mass is 266 g/mol. The van der Waals surface area contributed by atoms with Crippen LogP contribution in [0.2, 0.25) is 5.02 Å². The third-order valence-electron chi connectivity index (χ3n) is 3.36. The lowest BCUT2D eigenvalue weighted by Crippen LogP contribution is -2.30. The number of rotatable bonds is 4. The molecule has 3 nitrogen and oxygen atoms in total. The van der Waals surface area contributed by atoms with Gasteiger partial charge in [0, 0.05) is 23.2 Å². The largest absolute Gasteiger partial charge is 0.352 e. The van der Waals surface area contributed by atoms with Crippen LogP contribution in [0.4, 0.5) is 0 Å². The number of amides is 1. The van der Waals surface area contributed by atoms with Crippen LogP contribution in [-0.4, -0.2) is 25.0 Å². The van der Waals surface area contributed by atoms with Gasteiger partial charge in [-0.25, -0.2) is 0 Å². The first-order valence-electron chi connectivity index (χ1n) is 6.44. The third-order valence-corrected chi connectivity index (χ3v) is 3.78. The summed E-state index contributed by atoms with van der Waals surface area (Å²) in [4.78, 5) is 11.9. The second-order valence-electron chi connectivity index (χ2n) is 4.80. The molecule has 1 aromatic carbocycles. The van der Waals surface area contributed by atoms with Crippen molar-refractivity contribution in [3.05, 3.63) is 34.3 Å². The summed E-state index contributed by atoms with van der Waals surface area (Å²) in [5.74, 6) is -0.0206. The van der Waals surface area contributed by atoms with Crippen LogP contribution in [0.3, 0.4) is 0 Å². The van der Waals surface area contributed by atoms with E-state index >= 15 is 0 Å². The van der Waals surface area contributed by atoms with Crippen molar-refractivity contribution < 1.29 is 4.79 Å². The average molecular weight is 267 g/mol. The lowest BCUT2D eigenvalue weighted by molar-refractivity contribution is 0.0952. The van der Waals surface area contributed by atoms with Crippen LogP contribution >= 0.6 is 11.6 Å². The third kappa shape index (κ3) is 3.47. The van der Waals surface area contributed by atoms with E-state index in [-0.39, 0.29) is 5.91 Å². The molecule has 0 radical (unpaired) electrons. The van der Waals surface area contributed by atoms with Gasteiger partial charge in [-0.1, -0.05) is 11.6 Å². The Morgan fingerprint density at radius 3 is 3.06 bits per heavy atom. The van der Waals surface area contributed by atoms with Crippen LogP contribution in [0.15, 0.2) is 18.2 Å². The van der Waals surface area contributed by atoms with Gasteiger partial charge in [0.05, 0.1) is 0 Å². The van der Waals surface area contributed by atoms with E-state index in [9.17, 15) is 4.79 Å². The highest BCUT2D eigenvalue weighted by Crippen LogP contribution is 2.16. The lowest BCUT2D eigenvalue weighted by atomic mass is 10.1. The number of halogens is 1. The van der Waals surface area contributed by atoms with Crippen molar-refractivity contribution in [2.24, 2.45) is 0 Å². The maximum absolute atomic E-state index is 11.9. The van der Waals surface area contributed by atoms with Crippen LogP contribution < -0.4 is 10.6 Å². The smallest absolute Gasteiger partial charge is 0.251 e. The number of hydrogen-bond acceptors (Lipinski definition) is 2. The molecule has 2 N–H and O–H groups in total. The summed E-state index contributed by atoms with van der Waals surface area (Å²) in [6, 6.07) is 5.92. The zero-order valence-electron chi connectivity index (χ0n) is 10.6. The number of aryl methyl sites for hydroxylation is 1. The first kappa shape index (κ1) is 13.4. The Morgan fingerprint density at radius 1 is 1.56 bits per heavy atom. The molecule has 1 heterocycles. The quantitative estimate of drug-likeness (QED) is 0.879. The highest BCUT2D eigenvalue weighted by molar-refractivity contribution is 6.31. The minimum absolute atomic E-state index is 0.0206. The first-order valence-corrected chi connectivity index (χ1v) is 6.82. The molecule has 0 saturated carbocycles. The molecule has 1 aromatic rings. The Hall–Kier alpha value is -1.06. The highest BCUT2D eigenvalue weighted by Gasteiger charge is 2.14. The van der Waals surface area contributed by atoms with Crippen molar-refractivity contribution in [2.75, 3.05) is 13.1 Å². The van der Waals surface area contributed by atoms with Crippen LogP contribution in [-0.2, 0) is 0 Å². The van der Waals surface area contributed by atoms with Gasteiger partial charge in [0.25, 0.3) is 5.91 Å². The van der Waals surface area contributed by atoms with Crippen LogP contribution in [0.5, 0.6) is 0 Å². The molecule has 1 fully saturated rings. The minimum atomic E-state index is -0.0206. The number of carbonyl (C=O) groups excluding carboxylic acids is 1. The summed E-state index contributed by atoms with van der Waals surface area (Å²) in [6.45, 7) is 3.73. The fourth-order valence-electron chi connectivity index (χ4n) is 2.25. The van der Waals surface area contributed by atoms with Gasteiger partial charge in [-0.2, -0.15) is 0 Å². The number of nitrogens with one attached hydrogen (secondary N) is 2.